The Morgan fingerprint density at radius 2 is 0.952 bits per heavy atom. The molecule has 16 atom stereocenters. The van der Waals surface area contributed by atoms with Crippen molar-refractivity contribution in [1.29, 1.82) is 0 Å². The van der Waals surface area contributed by atoms with Crippen molar-refractivity contribution in [1.82, 2.24) is 59.6 Å². The molecule has 3 aliphatic rings. The number of para-hydroxylation sites is 1. The lowest BCUT2D eigenvalue weighted by atomic mass is 9.90. The molecular formula is C74H123N13O18. The number of aliphatic hydroxyl groups excluding tert-OH is 1. The van der Waals surface area contributed by atoms with E-state index in [2.05, 4.69) is 16.0 Å². The summed E-state index contributed by atoms with van der Waals surface area (Å²) in [5.74, 6) is -16.6. The predicted octanol–water partition coefficient (Wildman–Crippen LogP) is 1.08. The molecule has 0 bridgehead atoms. The van der Waals surface area contributed by atoms with Crippen LogP contribution in [-0.2, 0) is 72.7 Å². The molecule has 0 spiro atoms. The lowest BCUT2D eigenvalue weighted by molar-refractivity contribution is -0.168. The Morgan fingerprint density at radius 1 is 0.514 bits per heavy atom. The van der Waals surface area contributed by atoms with E-state index in [1.807, 2.05) is 0 Å². The smallest absolute Gasteiger partial charge is 0.308 e. The van der Waals surface area contributed by atoms with Gasteiger partial charge >= 0.3 is 5.97 Å². The summed E-state index contributed by atoms with van der Waals surface area (Å²) in [6.07, 6.45) is -5.24. The van der Waals surface area contributed by atoms with Crippen LogP contribution in [0.4, 0.5) is 5.69 Å². The van der Waals surface area contributed by atoms with Gasteiger partial charge in [-0.3, -0.25) is 62.3 Å². The van der Waals surface area contributed by atoms with Gasteiger partial charge in [0.25, 0.3) is 5.91 Å². The molecule has 0 aromatic heterocycles. The lowest BCUT2D eigenvalue weighted by Gasteiger charge is -2.43. The van der Waals surface area contributed by atoms with Crippen LogP contribution in [0.1, 0.15) is 156 Å². The number of likely N-dealkylation sites (N-methyl/N-ethyl adjacent to an activating group) is 9. The van der Waals surface area contributed by atoms with Crippen molar-refractivity contribution in [2.45, 2.75) is 240 Å². The van der Waals surface area contributed by atoms with E-state index in [9.17, 15) is 39.6 Å². The molecule has 12 amide bonds. The summed E-state index contributed by atoms with van der Waals surface area (Å²) in [5.41, 5.74) is -4.74. The minimum absolute atomic E-state index is 0.295. The Morgan fingerprint density at radius 3 is 1.45 bits per heavy atom. The standard InChI is InChI=1S/C74H123N13O18/c1-28-42(11)53-64(95)82(23)56(41(9)10)67(98)83(24)55(40(7)8)65(96)78(19)36-49(88)80(21)59(73(17,18)103)69(100)85(26)58(44(13)45(14)105-51(90)35-72(15,16)102)68(99)86(27)70(101)61(92)76-52(38(3)4)63(94)84(25)57(43(12)29-2)66(97)79(20)37-50(89)87-48(62(93)81(22)54(39(5)6)60(91)77-53)34-74(104)46-32-30-31-33-47(46)75-71(74)87/h30-33,38-45,48,52-59,70-71,75,101-104H,28-29,34-37H2,1-27H3,(H,76,92)(H,77,91)/t42-,43-,44-,45?,48-,52-,53-,54-,55-,56-,57-,58-,59+,70+,71-,74+/m0/s1. The first-order chi connectivity index (χ1) is 48.2. The van der Waals surface area contributed by atoms with E-state index < -0.39 is 227 Å². The molecule has 4 rings (SSSR count). The number of rotatable bonds is 14. The van der Waals surface area contributed by atoms with Gasteiger partial charge in [0.2, 0.25) is 71.2 Å². The van der Waals surface area contributed by atoms with Crippen LogP contribution in [0.3, 0.4) is 0 Å². The highest BCUT2D eigenvalue weighted by Crippen LogP contribution is 2.50. The first-order valence-electron chi connectivity index (χ1n) is 36.4. The fourth-order valence-corrected chi connectivity index (χ4v) is 14.7. The molecule has 3 heterocycles. The zero-order valence-corrected chi connectivity index (χ0v) is 67.0. The van der Waals surface area contributed by atoms with Crippen LogP contribution in [0.2, 0.25) is 0 Å². The summed E-state index contributed by atoms with van der Waals surface area (Å²) in [6, 6.07) is -6.51. The van der Waals surface area contributed by atoms with Gasteiger partial charge < -0.3 is 90.1 Å². The summed E-state index contributed by atoms with van der Waals surface area (Å²) in [4.78, 5) is 205. The molecule has 0 radical (unpaired) electrons. The van der Waals surface area contributed by atoms with Gasteiger partial charge in [-0.2, -0.15) is 0 Å². The zero-order valence-electron chi connectivity index (χ0n) is 67.0. The first kappa shape index (κ1) is 89.4. The molecule has 31 heteroatoms. The van der Waals surface area contributed by atoms with Gasteiger partial charge in [0, 0.05) is 87.0 Å². The van der Waals surface area contributed by atoms with E-state index in [0.29, 0.717) is 29.0 Å². The zero-order chi connectivity index (χ0) is 80.8. The van der Waals surface area contributed by atoms with Crippen LogP contribution in [-0.4, -0.2) is 307 Å². The fraction of sp³-hybridized carbons (Fsp3) is 0.743. The van der Waals surface area contributed by atoms with Gasteiger partial charge in [0.15, 0.2) is 0 Å². The van der Waals surface area contributed by atoms with Crippen LogP contribution in [0.15, 0.2) is 24.3 Å². The Hall–Kier alpha value is -8.03. The van der Waals surface area contributed by atoms with Gasteiger partial charge in [0.1, 0.15) is 72.2 Å². The highest BCUT2D eigenvalue weighted by Gasteiger charge is 2.61. The second-order valence-electron chi connectivity index (χ2n) is 32.0. The number of nitrogens with zero attached hydrogens (tertiary/aromatic N) is 10. The van der Waals surface area contributed by atoms with Gasteiger partial charge in [-0.15, -0.1) is 0 Å². The van der Waals surface area contributed by atoms with Crippen LogP contribution in [0, 0.1) is 41.4 Å². The van der Waals surface area contributed by atoms with Crippen molar-refractivity contribution >= 4 is 82.5 Å². The average molecular weight is 1480 g/mol. The van der Waals surface area contributed by atoms with Crippen LogP contribution in [0.25, 0.3) is 0 Å². The quantitative estimate of drug-likeness (QED) is 0.128. The third kappa shape index (κ3) is 19.8. The minimum Gasteiger partial charge on any atom is -0.462 e. The number of benzene rings is 1. The molecular weight excluding hydrogens is 1360 g/mol. The number of hydrogen-bond acceptors (Lipinski definition) is 19. The van der Waals surface area contributed by atoms with Gasteiger partial charge in [-0.1, -0.05) is 121 Å². The SMILES string of the molecule is CC[C@H](C)[C@@H]1NC(=O)[C@H](C(C)C)N(C)C(=O)[C@@H]2C[C@@]3(O)c4ccccc4N[C@H]3N2C(=O)CN(C)C(=O)[C@H]([C@@H](C)CC)N(C)C(=O)[C@H](C(C)C)NC(=O)[C@@H](O)N(C)C(=O)[C@H]([C@@H](C)C(C)OC(=O)CC(C)(C)O)N(C)C(=O)[C@H](C(C)(C)O)N(C)C(=O)CN(C)C(=O)[C@H](C(C)C)N(C)C(=O)[C@H](C(C)C)N(C)C1=O. The summed E-state index contributed by atoms with van der Waals surface area (Å²) in [7, 11) is 11.5. The van der Waals surface area contributed by atoms with Crippen molar-refractivity contribution in [2.75, 3.05) is 81.8 Å². The predicted molar refractivity (Wildman–Crippen MR) is 390 cm³/mol. The number of aliphatic hydroxyl groups is 4. The third-order valence-electron chi connectivity index (χ3n) is 21.3. The molecule has 31 nitrogen and oxygen atoms in total. The van der Waals surface area contributed by atoms with Crippen molar-refractivity contribution in [2.24, 2.45) is 41.4 Å². The number of anilines is 1. The minimum atomic E-state index is -2.44. The molecule has 0 aliphatic carbocycles. The number of amides is 12. The summed E-state index contributed by atoms with van der Waals surface area (Å²) < 4.78 is 5.70. The molecule has 2 saturated heterocycles. The number of fused-ring (bicyclic) bond motifs is 5. The van der Waals surface area contributed by atoms with E-state index in [1.165, 1.54) is 101 Å². The van der Waals surface area contributed by atoms with Crippen LogP contribution in [0.5, 0.6) is 0 Å². The Kier molecular flexibility index (Phi) is 30.3. The van der Waals surface area contributed by atoms with E-state index in [4.69, 9.17) is 4.74 Å². The van der Waals surface area contributed by atoms with Crippen LogP contribution < -0.4 is 16.0 Å². The van der Waals surface area contributed by atoms with E-state index >= 15 is 43.2 Å². The summed E-state index contributed by atoms with van der Waals surface area (Å²) in [6.45, 7) is 26.7. The normalized spacial score (nSPS) is 28.2. The van der Waals surface area contributed by atoms with Crippen molar-refractivity contribution in [3.05, 3.63) is 29.8 Å². The second-order valence-corrected chi connectivity index (χ2v) is 32.0. The summed E-state index contributed by atoms with van der Waals surface area (Å²) >= 11 is 0. The second kappa shape index (κ2) is 35.6. The maximum Gasteiger partial charge on any atom is 0.308 e. The molecule has 2 fully saturated rings. The Bertz CT molecular complexity index is 3350. The molecule has 1 unspecified atom stereocenters. The number of carbonyl (C=O) groups excluding carboxylic acids is 13. The number of hydrogen-bond donors (Lipinski definition) is 7. The first-order valence-corrected chi connectivity index (χ1v) is 36.4. The maximum absolute atomic E-state index is 15.5. The van der Waals surface area contributed by atoms with Gasteiger partial charge in [0.05, 0.1) is 30.7 Å². The van der Waals surface area contributed by atoms with Crippen molar-refractivity contribution in [3.8, 4) is 0 Å². The van der Waals surface area contributed by atoms with Crippen molar-refractivity contribution in [3.63, 3.8) is 0 Å². The lowest BCUT2D eigenvalue weighted by Crippen LogP contribution is -2.65. The number of nitrogens with one attached hydrogen (secondary N) is 3. The van der Waals surface area contributed by atoms with Crippen molar-refractivity contribution < 1.29 is 87.5 Å². The highest BCUT2D eigenvalue weighted by molar-refractivity contribution is 6.00. The van der Waals surface area contributed by atoms with E-state index in [1.54, 1.807) is 107 Å². The Balaban J connectivity index is 2.00. The monoisotopic (exact) mass is 1480 g/mol. The molecule has 3 aliphatic heterocycles. The van der Waals surface area contributed by atoms with E-state index in [0.717, 1.165) is 48.4 Å². The number of carbonyl (C=O) groups is 13. The molecule has 1 aromatic rings. The molecule has 0 saturated carbocycles. The van der Waals surface area contributed by atoms with E-state index in [-0.39, 0.29) is 6.42 Å². The Labute approximate surface area is 620 Å². The van der Waals surface area contributed by atoms with Gasteiger partial charge in [-0.25, -0.2) is 0 Å². The number of ether oxygens (including phenoxy) is 1. The summed E-state index contributed by atoms with van der Waals surface area (Å²) in [5, 5.41) is 55.8. The molecule has 7 N–H and O–H groups in total. The largest absolute Gasteiger partial charge is 0.462 e. The van der Waals surface area contributed by atoms with Crippen LogP contribution >= 0.6 is 0 Å². The molecule has 105 heavy (non-hydrogen) atoms. The molecule has 1 aromatic carbocycles. The highest BCUT2D eigenvalue weighted by atomic mass is 16.5. The maximum atomic E-state index is 15.5. The molecule has 592 valence electrons. The van der Waals surface area contributed by atoms with Gasteiger partial charge in [-0.05, 0) is 76.2 Å². The number of esters is 1. The third-order valence-corrected chi connectivity index (χ3v) is 21.3. The fourth-order valence-electron chi connectivity index (χ4n) is 14.7. The topological polar surface area (TPSA) is 381 Å². The average Bonchev–Trinajstić information content (AvgIpc) is 1.55.